The summed E-state index contributed by atoms with van der Waals surface area (Å²) in [5, 5.41) is 2.80. The van der Waals surface area contributed by atoms with Gasteiger partial charge in [-0.3, -0.25) is 4.79 Å². The van der Waals surface area contributed by atoms with Gasteiger partial charge in [-0.25, -0.2) is 8.42 Å². The molecule has 0 aliphatic carbocycles. The summed E-state index contributed by atoms with van der Waals surface area (Å²) < 4.78 is 24.6. The van der Waals surface area contributed by atoms with Gasteiger partial charge in [-0.15, -0.1) is 0 Å². The zero-order valence-corrected chi connectivity index (χ0v) is 14.2. The van der Waals surface area contributed by atoms with Gasteiger partial charge in [-0.1, -0.05) is 30.3 Å². The Hall–Kier alpha value is -2.21. The lowest BCUT2D eigenvalue weighted by molar-refractivity contribution is -0.684. The van der Waals surface area contributed by atoms with Crippen LogP contribution < -0.4 is 9.88 Å². The van der Waals surface area contributed by atoms with Crippen LogP contribution in [0.25, 0.3) is 0 Å². The summed E-state index contributed by atoms with van der Waals surface area (Å²) in [5.74, 6) is 0.0662. The standard InChI is InChI=1S/C18H20N2O3S/c21-18(19-17-8-11-24(22,23)14-17)13-20-9-6-16(7-10-20)12-15-4-2-1-3-5-15/h1-7,9-10,17H,8,11-14H2/p+1/t17-/m0/s1. The molecule has 1 aliphatic rings. The van der Waals surface area contributed by atoms with E-state index in [4.69, 9.17) is 0 Å². The molecule has 1 N–H and O–H groups in total. The number of rotatable bonds is 5. The number of aromatic nitrogens is 1. The van der Waals surface area contributed by atoms with Gasteiger partial charge in [-0.05, 0) is 24.0 Å². The fourth-order valence-corrected chi connectivity index (χ4v) is 4.56. The molecule has 2 heterocycles. The first-order valence-electron chi connectivity index (χ1n) is 8.02. The Bertz CT molecular complexity index is 802. The fraction of sp³-hybridized carbons (Fsp3) is 0.333. The Morgan fingerprint density at radius 3 is 2.38 bits per heavy atom. The summed E-state index contributed by atoms with van der Waals surface area (Å²) in [6, 6.07) is 14.0. The molecule has 1 aliphatic heterocycles. The van der Waals surface area contributed by atoms with Crippen molar-refractivity contribution in [1.82, 2.24) is 5.32 Å². The molecular formula is C18H21N2O3S+. The van der Waals surface area contributed by atoms with E-state index in [1.807, 2.05) is 42.7 Å². The molecule has 1 aromatic heterocycles. The monoisotopic (exact) mass is 345 g/mol. The average molecular weight is 345 g/mol. The molecule has 6 heteroatoms. The van der Waals surface area contributed by atoms with E-state index in [0.717, 1.165) is 6.42 Å². The van der Waals surface area contributed by atoms with E-state index in [1.54, 1.807) is 4.57 Å². The van der Waals surface area contributed by atoms with Gasteiger partial charge in [0.25, 0.3) is 5.91 Å². The topological polar surface area (TPSA) is 67.1 Å². The third-order valence-corrected chi connectivity index (χ3v) is 5.90. The number of nitrogens with one attached hydrogen (secondary N) is 1. The molecule has 3 rings (SSSR count). The highest BCUT2D eigenvalue weighted by molar-refractivity contribution is 7.91. The maximum absolute atomic E-state index is 12.0. The Kier molecular flexibility index (Phi) is 4.94. The number of hydrogen-bond acceptors (Lipinski definition) is 3. The third kappa shape index (κ3) is 4.64. The van der Waals surface area contributed by atoms with Crippen molar-refractivity contribution in [2.24, 2.45) is 0 Å². The molecule has 0 unspecified atom stereocenters. The molecule has 0 bridgehead atoms. The number of amides is 1. The van der Waals surface area contributed by atoms with E-state index < -0.39 is 9.84 Å². The minimum Gasteiger partial charge on any atom is -0.347 e. The SMILES string of the molecule is O=C(C[n+]1ccc(Cc2ccccc2)cc1)N[C@H]1CCS(=O)(=O)C1. The smallest absolute Gasteiger partial charge is 0.286 e. The molecule has 126 valence electrons. The molecule has 2 aromatic rings. The maximum Gasteiger partial charge on any atom is 0.286 e. The normalized spacial score (nSPS) is 19.1. The Labute approximate surface area is 142 Å². The van der Waals surface area contributed by atoms with Gasteiger partial charge in [-0.2, -0.15) is 4.57 Å². The lowest BCUT2D eigenvalue weighted by atomic mass is 10.1. The van der Waals surface area contributed by atoms with Gasteiger partial charge in [0.15, 0.2) is 22.2 Å². The Balaban J connectivity index is 1.53. The van der Waals surface area contributed by atoms with Crippen LogP contribution in [0.15, 0.2) is 54.9 Å². The lowest BCUT2D eigenvalue weighted by Gasteiger charge is -2.08. The van der Waals surface area contributed by atoms with Gasteiger partial charge in [0, 0.05) is 18.2 Å². The van der Waals surface area contributed by atoms with Crippen molar-refractivity contribution in [2.75, 3.05) is 11.5 Å². The van der Waals surface area contributed by atoms with Crippen molar-refractivity contribution in [3.63, 3.8) is 0 Å². The predicted octanol–water partition coefficient (Wildman–Crippen LogP) is 0.868. The number of sulfone groups is 1. The number of benzene rings is 1. The molecular weight excluding hydrogens is 324 g/mol. The van der Waals surface area contributed by atoms with Crippen LogP contribution >= 0.6 is 0 Å². The first kappa shape index (κ1) is 16.6. The average Bonchev–Trinajstić information content (AvgIpc) is 2.89. The highest BCUT2D eigenvalue weighted by Gasteiger charge is 2.29. The minimum atomic E-state index is -2.97. The molecule has 0 spiro atoms. The number of nitrogens with zero attached hydrogens (tertiary/aromatic N) is 1. The van der Waals surface area contributed by atoms with Crippen LogP contribution in [0.5, 0.6) is 0 Å². The molecule has 1 saturated heterocycles. The summed E-state index contributed by atoms with van der Waals surface area (Å²) >= 11 is 0. The van der Waals surface area contributed by atoms with Gasteiger partial charge >= 0.3 is 0 Å². The molecule has 1 aromatic carbocycles. The van der Waals surface area contributed by atoms with Crippen LogP contribution in [-0.2, 0) is 27.6 Å². The Morgan fingerprint density at radius 2 is 1.75 bits per heavy atom. The molecule has 0 radical (unpaired) electrons. The largest absolute Gasteiger partial charge is 0.347 e. The van der Waals surface area contributed by atoms with Gasteiger partial charge < -0.3 is 5.32 Å². The maximum atomic E-state index is 12.0. The van der Waals surface area contributed by atoms with Crippen molar-refractivity contribution in [1.29, 1.82) is 0 Å². The third-order valence-electron chi connectivity index (χ3n) is 4.13. The van der Waals surface area contributed by atoms with E-state index in [2.05, 4.69) is 17.4 Å². The first-order chi connectivity index (χ1) is 11.5. The van der Waals surface area contributed by atoms with E-state index in [9.17, 15) is 13.2 Å². The predicted molar refractivity (Wildman–Crippen MR) is 91.1 cm³/mol. The van der Waals surface area contributed by atoms with Crippen LogP contribution in [0.1, 0.15) is 17.5 Å². The molecule has 1 amide bonds. The first-order valence-corrected chi connectivity index (χ1v) is 9.84. The second-order valence-electron chi connectivity index (χ2n) is 6.21. The zero-order valence-electron chi connectivity index (χ0n) is 13.4. The zero-order chi connectivity index (χ0) is 17.0. The summed E-state index contributed by atoms with van der Waals surface area (Å²) in [4.78, 5) is 12.0. The van der Waals surface area contributed by atoms with Crippen LogP contribution in [0.4, 0.5) is 0 Å². The second-order valence-corrected chi connectivity index (χ2v) is 8.44. The van der Waals surface area contributed by atoms with E-state index in [0.29, 0.717) is 6.42 Å². The summed E-state index contributed by atoms with van der Waals surface area (Å²) in [5.41, 5.74) is 2.43. The van der Waals surface area contributed by atoms with E-state index in [1.165, 1.54) is 11.1 Å². The van der Waals surface area contributed by atoms with Gasteiger partial charge in [0.05, 0.1) is 11.5 Å². The van der Waals surface area contributed by atoms with Crippen LogP contribution in [-0.4, -0.2) is 31.9 Å². The van der Waals surface area contributed by atoms with Gasteiger partial charge in [0.2, 0.25) is 6.54 Å². The lowest BCUT2D eigenvalue weighted by Crippen LogP contribution is -2.46. The molecule has 24 heavy (non-hydrogen) atoms. The number of carbonyl (C=O) groups is 1. The Morgan fingerprint density at radius 1 is 1.08 bits per heavy atom. The number of carbonyl (C=O) groups excluding carboxylic acids is 1. The van der Waals surface area contributed by atoms with E-state index in [-0.39, 0.29) is 30.0 Å². The molecule has 1 atom stereocenters. The fourth-order valence-electron chi connectivity index (χ4n) is 2.89. The van der Waals surface area contributed by atoms with Crippen molar-refractivity contribution in [3.05, 3.63) is 66.0 Å². The number of pyridine rings is 1. The highest BCUT2D eigenvalue weighted by Crippen LogP contribution is 2.11. The van der Waals surface area contributed by atoms with Crippen molar-refractivity contribution >= 4 is 15.7 Å². The van der Waals surface area contributed by atoms with E-state index >= 15 is 0 Å². The van der Waals surface area contributed by atoms with Crippen molar-refractivity contribution in [2.45, 2.75) is 25.4 Å². The molecule has 1 fully saturated rings. The molecule has 5 nitrogen and oxygen atoms in total. The minimum absolute atomic E-state index is 0.0550. The summed E-state index contributed by atoms with van der Waals surface area (Å²) in [6.45, 7) is 0.197. The van der Waals surface area contributed by atoms with Crippen LogP contribution in [0.3, 0.4) is 0 Å². The number of hydrogen-bond donors (Lipinski definition) is 1. The second kappa shape index (κ2) is 7.13. The summed E-state index contributed by atoms with van der Waals surface area (Å²) in [7, 11) is -2.97. The quantitative estimate of drug-likeness (QED) is 0.818. The van der Waals surface area contributed by atoms with Crippen LogP contribution in [0, 0.1) is 0 Å². The summed E-state index contributed by atoms with van der Waals surface area (Å²) in [6.07, 6.45) is 5.12. The van der Waals surface area contributed by atoms with Crippen molar-refractivity contribution < 1.29 is 17.8 Å². The highest BCUT2D eigenvalue weighted by atomic mass is 32.2. The molecule has 0 saturated carbocycles. The van der Waals surface area contributed by atoms with Crippen molar-refractivity contribution in [3.8, 4) is 0 Å². The van der Waals surface area contributed by atoms with Crippen LogP contribution in [0.2, 0.25) is 0 Å². The van der Waals surface area contributed by atoms with Gasteiger partial charge in [0.1, 0.15) is 0 Å².